The number of aromatic nitrogens is 1. The highest BCUT2D eigenvalue weighted by Crippen LogP contribution is 2.38. The first-order valence-electron chi connectivity index (χ1n) is 9.06. The molecule has 0 saturated heterocycles. The first-order valence-corrected chi connectivity index (χ1v) is 10.5. The van der Waals surface area contributed by atoms with Crippen molar-refractivity contribution in [3.05, 3.63) is 65.9 Å². The van der Waals surface area contributed by atoms with E-state index in [1.165, 1.54) is 0 Å². The summed E-state index contributed by atoms with van der Waals surface area (Å²) < 4.78 is 35.1. The van der Waals surface area contributed by atoms with Crippen molar-refractivity contribution in [2.75, 3.05) is 0 Å². The van der Waals surface area contributed by atoms with Gasteiger partial charge in [0.2, 0.25) is 10.0 Å². The molecule has 146 valence electrons. The minimum absolute atomic E-state index is 0.0545. The number of esters is 1. The Labute approximate surface area is 164 Å². The van der Waals surface area contributed by atoms with Crippen LogP contribution in [0.5, 0.6) is 0 Å². The number of fused-ring (bicyclic) bond motifs is 2. The SMILES string of the molecule is CC(C)(C)OC(=O)Cn1cc(C2NS(=O)(=O)c3ccccc32)c2ccccc21. The molecule has 7 heteroatoms. The van der Waals surface area contributed by atoms with Gasteiger partial charge in [0.1, 0.15) is 12.1 Å². The normalized spacial score (nSPS) is 18.2. The number of carbonyl (C=O) groups is 1. The van der Waals surface area contributed by atoms with Gasteiger partial charge in [-0.3, -0.25) is 4.79 Å². The van der Waals surface area contributed by atoms with E-state index in [0.29, 0.717) is 10.5 Å². The van der Waals surface area contributed by atoms with E-state index in [-0.39, 0.29) is 12.5 Å². The predicted molar refractivity (Wildman–Crippen MR) is 106 cm³/mol. The Morgan fingerprint density at radius 1 is 1.07 bits per heavy atom. The van der Waals surface area contributed by atoms with Crippen molar-refractivity contribution in [2.45, 2.75) is 43.9 Å². The van der Waals surface area contributed by atoms with E-state index in [1.807, 2.05) is 67.9 Å². The molecule has 1 aliphatic rings. The molecule has 4 rings (SSSR count). The molecule has 1 N–H and O–H groups in total. The molecule has 0 saturated carbocycles. The van der Waals surface area contributed by atoms with Crippen LogP contribution in [0.2, 0.25) is 0 Å². The van der Waals surface area contributed by atoms with Crippen molar-refractivity contribution >= 4 is 26.9 Å². The molecule has 2 aromatic carbocycles. The summed E-state index contributed by atoms with van der Waals surface area (Å²) in [6, 6.07) is 14.1. The molecule has 1 unspecified atom stereocenters. The number of benzene rings is 2. The lowest BCUT2D eigenvalue weighted by molar-refractivity contribution is -0.155. The zero-order valence-corrected chi connectivity index (χ0v) is 16.8. The number of para-hydroxylation sites is 1. The van der Waals surface area contributed by atoms with E-state index in [4.69, 9.17) is 4.74 Å². The van der Waals surface area contributed by atoms with Crippen LogP contribution >= 0.6 is 0 Å². The van der Waals surface area contributed by atoms with E-state index >= 15 is 0 Å². The van der Waals surface area contributed by atoms with Crippen LogP contribution in [0.15, 0.2) is 59.6 Å². The third-order valence-electron chi connectivity index (χ3n) is 4.64. The third-order valence-corrected chi connectivity index (χ3v) is 6.14. The molecular formula is C21H22N2O4S. The Morgan fingerprint density at radius 2 is 1.75 bits per heavy atom. The molecule has 1 atom stereocenters. The van der Waals surface area contributed by atoms with Gasteiger partial charge in [-0.25, -0.2) is 8.42 Å². The molecule has 0 aliphatic carbocycles. The molecule has 1 aliphatic heterocycles. The minimum atomic E-state index is -3.56. The highest BCUT2D eigenvalue weighted by Gasteiger charge is 2.36. The molecule has 0 fully saturated rings. The summed E-state index contributed by atoms with van der Waals surface area (Å²) in [5, 5.41) is 0.899. The molecule has 6 nitrogen and oxygen atoms in total. The van der Waals surface area contributed by atoms with E-state index < -0.39 is 21.7 Å². The van der Waals surface area contributed by atoms with Crippen LogP contribution < -0.4 is 4.72 Å². The average molecular weight is 398 g/mol. The monoisotopic (exact) mass is 398 g/mol. The van der Waals surface area contributed by atoms with Gasteiger partial charge >= 0.3 is 5.97 Å². The van der Waals surface area contributed by atoms with E-state index in [1.54, 1.807) is 12.1 Å². The van der Waals surface area contributed by atoms with Crippen LogP contribution in [0.1, 0.15) is 37.9 Å². The van der Waals surface area contributed by atoms with Gasteiger partial charge in [0, 0.05) is 22.7 Å². The second-order valence-electron chi connectivity index (χ2n) is 7.91. The Bertz CT molecular complexity index is 1170. The van der Waals surface area contributed by atoms with Crippen molar-refractivity contribution in [3.8, 4) is 0 Å². The van der Waals surface area contributed by atoms with Crippen LogP contribution in [0, 0.1) is 0 Å². The Balaban J connectivity index is 1.79. The van der Waals surface area contributed by atoms with Crippen molar-refractivity contribution in [1.29, 1.82) is 0 Å². The lowest BCUT2D eigenvalue weighted by Gasteiger charge is -2.19. The van der Waals surface area contributed by atoms with Crippen LogP contribution in [0.25, 0.3) is 10.9 Å². The van der Waals surface area contributed by atoms with Crippen LogP contribution in [-0.2, 0) is 26.1 Å². The Morgan fingerprint density at radius 3 is 2.50 bits per heavy atom. The Kier molecular flexibility index (Phi) is 4.32. The largest absolute Gasteiger partial charge is 0.459 e. The molecule has 2 heterocycles. The summed E-state index contributed by atoms with van der Waals surface area (Å²) in [4.78, 5) is 12.6. The van der Waals surface area contributed by atoms with E-state index in [2.05, 4.69) is 4.72 Å². The molecule has 0 radical (unpaired) electrons. The maximum Gasteiger partial charge on any atom is 0.326 e. The second kappa shape index (κ2) is 6.46. The summed E-state index contributed by atoms with van der Waals surface area (Å²) in [6.07, 6.45) is 1.84. The van der Waals surface area contributed by atoms with Crippen molar-refractivity contribution < 1.29 is 17.9 Å². The van der Waals surface area contributed by atoms with Gasteiger partial charge in [0.05, 0.1) is 10.9 Å². The summed E-state index contributed by atoms with van der Waals surface area (Å²) in [7, 11) is -3.56. The molecule has 0 amide bonds. The quantitative estimate of drug-likeness (QED) is 0.686. The summed E-state index contributed by atoms with van der Waals surface area (Å²) in [6.45, 7) is 5.54. The smallest absolute Gasteiger partial charge is 0.326 e. The molecule has 28 heavy (non-hydrogen) atoms. The molecule has 0 spiro atoms. The Hall–Kier alpha value is -2.64. The lowest BCUT2D eigenvalue weighted by atomic mass is 9.99. The third kappa shape index (κ3) is 3.31. The predicted octanol–water partition coefficient (Wildman–Crippen LogP) is 3.36. The van der Waals surface area contributed by atoms with Gasteiger partial charge in [0.25, 0.3) is 0 Å². The molecule has 0 bridgehead atoms. The number of hydrogen-bond acceptors (Lipinski definition) is 4. The standard InChI is InChI=1S/C21H22N2O4S/c1-21(2,3)27-19(24)13-23-12-16(14-8-4-6-10-17(14)23)20-15-9-5-7-11-18(15)28(25,26)22-20/h4-12,20,22H,13H2,1-3H3. The fourth-order valence-corrected chi connectivity index (χ4v) is 5.07. The minimum Gasteiger partial charge on any atom is -0.459 e. The van der Waals surface area contributed by atoms with Crippen molar-refractivity contribution in [1.82, 2.24) is 9.29 Å². The van der Waals surface area contributed by atoms with Gasteiger partial charge in [-0.05, 0) is 38.5 Å². The summed E-state index contributed by atoms with van der Waals surface area (Å²) >= 11 is 0. The van der Waals surface area contributed by atoms with Gasteiger partial charge in [-0.15, -0.1) is 0 Å². The van der Waals surface area contributed by atoms with E-state index in [9.17, 15) is 13.2 Å². The zero-order chi connectivity index (χ0) is 20.1. The highest BCUT2D eigenvalue weighted by molar-refractivity contribution is 7.89. The summed E-state index contributed by atoms with van der Waals surface area (Å²) in [5.74, 6) is -0.341. The fraction of sp³-hybridized carbons (Fsp3) is 0.286. The number of hydrogen-bond donors (Lipinski definition) is 1. The number of nitrogens with zero attached hydrogens (tertiary/aromatic N) is 1. The van der Waals surface area contributed by atoms with Crippen LogP contribution in [-0.4, -0.2) is 24.6 Å². The second-order valence-corrected chi connectivity index (χ2v) is 9.59. The van der Waals surface area contributed by atoms with Crippen molar-refractivity contribution in [2.24, 2.45) is 0 Å². The van der Waals surface area contributed by atoms with Crippen molar-refractivity contribution in [3.63, 3.8) is 0 Å². The van der Waals surface area contributed by atoms with Gasteiger partial charge in [-0.2, -0.15) is 4.72 Å². The number of sulfonamides is 1. The maximum atomic E-state index is 12.5. The summed E-state index contributed by atoms with van der Waals surface area (Å²) in [5.41, 5.74) is 1.81. The van der Waals surface area contributed by atoms with Gasteiger partial charge in [0.15, 0.2) is 0 Å². The number of ether oxygens (including phenoxy) is 1. The number of carbonyl (C=O) groups excluding carboxylic acids is 1. The van der Waals surface area contributed by atoms with E-state index in [0.717, 1.165) is 16.5 Å². The average Bonchev–Trinajstić information content (AvgIpc) is 3.09. The first-order chi connectivity index (χ1) is 13.2. The lowest BCUT2D eigenvalue weighted by Crippen LogP contribution is -2.26. The fourth-order valence-electron chi connectivity index (χ4n) is 3.63. The maximum absolute atomic E-state index is 12.5. The topological polar surface area (TPSA) is 77.4 Å². The highest BCUT2D eigenvalue weighted by atomic mass is 32.2. The molecular weight excluding hydrogens is 376 g/mol. The van der Waals surface area contributed by atoms with Crippen LogP contribution in [0.3, 0.4) is 0 Å². The van der Waals surface area contributed by atoms with Crippen LogP contribution in [0.4, 0.5) is 0 Å². The zero-order valence-electron chi connectivity index (χ0n) is 16.0. The molecule has 1 aromatic heterocycles. The number of rotatable bonds is 3. The number of nitrogens with one attached hydrogen (secondary N) is 1. The van der Waals surface area contributed by atoms with Gasteiger partial charge < -0.3 is 9.30 Å². The molecule has 3 aromatic rings. The first kappa shape index (κ1) is 18.7. The van der Waals surface area contributed by atoms with Gasteiger partial charge in [-0.1, -0.05) is 36.4 Å².